The largest absolute Gasteiger partial charge is 0.496 e. The highest BCUT2D eigenvalue weighted by Gasteiger charge is 2.25. The van der Waals surface area contributed by atoms with Gasteiger partial charge in [0.05, 0.1) is 13.5 Å². The Morgan fingerprint density at radius 3 is 2.95 bits per heavy atom. The molecule has 1 aliphatic heterocycles. The van der Waals surface area contributed by atoms with Crippen LogP contribution in [0.1, 0.15) is 31.2 Å². The molecule has 2 rings (SSSR count). The van der Waals surface area contributed by atoms with E-state index in [1.54, 1.807) is 7.11 Å². The molecule has 0 bridgehead atoms. The van der Waals surface area contributed by atoms with E-state index in [1.165, 1.54) is 0 Å². The number of likely N-dealkylation sites (tertiary alicyclic amines) is 1. The SMILES string of the molecule is COc1ccccc1CN1CCCCC1CC(=O)O. The van der Waals surface area contributed by atoms with Gasteiger partial charge in [0.2, 0.25) is 0 Å². The molecule has 1 unspecified atom stereocenters. The second kappa shape index (κ2) is 6.57. The summed E-state index contributed by atoms with van der Waals surface area (Å²) in [5.41, 5.74) is 1.13. The number of carboxylic acids is 1. The molecule has 1 fully saturated rings. The van der Waals surface area contributed by atoms with Crippen molar-refractivity contribution < 1.29 is 14.6 Å². The Hall–Kier alpha value is -1.55. The monoisotopic (exact) mass is 263 g/mol. The first-order valence-corrected chi connectivity index (χ1v) is 6.78. The number of methoxy groups -OCH3 is 1. The minimum atomic E-state index is -0.711. The average molecular weight is 263 g/mol. The maximum absolute atomic E-state index is 10.9. The lowest BCUT2D eigenvalue weighted by atomic mass is 9.98. The van der Waals surface area contributed by atoms with Gasteiger partial charge in [-0.25, -0.2) is 0 Å². The van der Waals surface area contributed by atoms with E-state index >= 15 is 0 Å². The summed E-state index contributed by atoms with van der Waals surface area (Å²) in [6, 6.07) is 8.09. The number of hydrogen-bond donors (Lipinski definition) is 1. The molecule has 1 atom stereocenters. The topological polar surface area (TPSA) is 49.8 Å². The molecule has 19 heavy (non-hydrogen) atoms. The molecular weight excluding hydrogens is 242 g/mol. The summed E-state index contributed by atoms with van der Waals surface area (Å²) in [5, 5.41) is 9.00. The molecule has 1 saturated heterocycles. The van der Waals surface area contributed by atoms with Gasteiger partial charge in [0.1, 0.15) is 5.75 Å². The summed E-state index contributed by atoms with van der Waals surface area (Å²) in [6.45, 7) is 1.73. The van der Waals surface area contributed by atoms with E-state index in [0.717, 1.165) is 43.7 Å². The third-order valence-electron chi connectivity index (χ3n) is 3.73. The maximum Gasteiger partial charge on any atom is 0.304 e. The van der Waals surface area contributed by atoms with Crippen molar-refractivity contribution in [2.24, 2.45) is 0 Å². The van der Waals surface area contributed by atoms with E-state index in [2.05, 4.69) is 4.90 Å². The first-order chi connectivity index (χ1) is 9.20. The third-order valence-corrected chi connectivity index (χ3v) is 3.73. The van der Waals surface area contributed by atoms with E-state index in [1.807, 2.05) is 24.3 Å². The first kappa shape index (κ1) is 13.9. The molecule has 0 saturated carbocycles. The molecule has 1 aromatic rings. The standard InChI is InChI=1S/C15H21NO3/c1-19-14-8-3-2-6-12(14)11-16-9-5-4-7-13(16)10-15(17)18/h2-3,6,8,13H,4-5,7,9-11H2,1H3,(H,17,18). The fourth-order valence-corrected chi connectivity index (χ4v) is 2.75. The summed E-state index contributed by atoms with van der Waals surface area (Å²) < 4.78 is 5.36. The lowest BCUT2D eigenvalue weighted by Gasteiger charge is -2.35. The van der Waals surface area contributed by atoms with Gasteiger partial charge in [0, 0.05) is 18.2 Å². The van der Waals surface area contributed by atoms with Crippen LogP contribution >= 0.6 is 0 Å². The van der Waals surface area contributed by atoms with Gasteiger partial charge < -0.3 is 9.84 Å². The smallest absolute Gasteiger partial charge is 0.304 e. The normalized spacial score (nSPS) is 20.2. The lowest BCUT2D eigenvalue weighted by molar-refractivity contribution is -0.138. The number of nitrogens with zero attached hydrogens (tertiary/aromatic N) is 1. The molecular formula is C15H21NO3. The number of ether oxygens (including phenoxy) is 1. The Balaban J connectivity index is 2.08. The molecule has 1 aliphatic rings. The molecule has 1 heterocycles. The highest BCUT2D eigenvalue weighted by atomic mass is 16.5. The fourth-order valence-electron chi connectivity index (χ4n) is 2.75. The van der Waals surface area contributed by atoms with Crippen molar-refractivity contribution in [2.75, 3.05) is 13.7 Å². The van der Waals surface area contributed by atoms with Crippen LogP contribution in [-0.2, 0) is 11.3 Å². The summed E-state index contributed by atoms with van der Waals surface area (Å²) >= 11 is 0. The van der Waals surface area contributed by atoms with Crippen molar-refractivity contribution in [1.29, 1.82) is 0 Å². The van der Waals surface area contributed by atoms with Crippen molar-refractivity contribution in [3.63, 3.8) is 0 Å². The van der Waals surface area contributed by atoms with Crippen molar-refractivity contribution >= 4 is 5.97 Å². The molecule has 0 radical (unpaired) electrons. The predicted octanol–water partition coefficient (Wildman–Crippen LogP) is 2.52. The quantitative estimate of drug-likeness (QED) is 0.887. The van der Waals surface area contributed by atoms with E-state index < -0.39 is 5.97 Å². The van der Waals surface area contributed by atoms with Crippen LogP contribution in [-0.4, -0.2) is 35.7 Å². The minimum absolute atomic E-state index is 0.149. The number of piperidine rings is 1. The Morgan fingerprint density at radius 2 is 2.21 bits per heavy atom. The van der Waals surface area contributed by atoms with E-state index in [0.29, 0.717) is 0 Å². The molecule has 0 spiro atoms. The third kappa shape index (κ3) is 3.70. The van der Waals surface area contributed by atoms with Crippen molar-refractivity contribution in [3.05, 3.63) is 29.8 Å². The van der Waals surface area contributed by atoms with E-state index in [9.17, 15) is 4.79 Å². The highest BCUT2D eigenvalue weighted by molar-refractivity contribution is 5.67. The Bertz CT molecular complexity index is 433. The van der Waals surface area contributed by atoms with E-state index in [4.69, 9.17) is 9.84 Å². The van der Waals surface area contributed by atoms with Crippen LogP contribution in [0, 0.1) is 0 Å². The number of hydrogen-bond acceptors (Lipinski definition) is 3. The Labute approximate surface area is 114 Å². The van der Waals surface area contributed by atoms with E-state index in [-0.39, 0.29) is 12.5 Å². The number of para-hydroxylation sites is 1. The zero-order valence-corrected chi connectivity index (χ0v) is 11.3. The second-order valence-corrected chi connectivity index (χ2v) is 5.03. The second-order valence-electron chi connectivity index (χ2n) is 5.03. The molecule has 4 nitrogen and oxygen atoms in total. The van der Waals surface area contributed by atoms with Crippen LogP contribution in [0.25, 0.3) is 0 Å². The van der Waals surface area contributed by atoms with Crippen molar-refractivity contribution in [2.45, 2.75) is 38.3 Å². The highest BCUT2D eigenvalue weighted by Crippen LogP contribution is 2.25. The predicted molar refractivity (Wildman–Crippen MR) is 73.3 cm³/mol. The number of carboxylic acid groups (broad SMARTS) is 1. The number of carbonyl (C=O) groups is 1. The maximum atomic E-state index is 10.9. The van der Waals surface area contributed by atoms with Crippen LogP contribution in [0.4, 0.5) is 0 Å². The van der Waals surface area contributed by atoms with Gasteiger partial charge >= 0.3 is 5.97 Å². The summed E-state index contributed by atoms with van der Waals surface area (Å²) in [5.74, 6) is 0.166. The van der Waals surface area contributed by atoms with Crippen LogP contribution < -0.4 is 4.74 Å². The molecule has 1 aromatic carbocycles. The van der Waals surface area contributed by atoms with Gasteiger partial charge in [-0.15, -0.1) is 0 Å². The van der Waals surface area contributed by atoms with Gasteiger partial charge in [-0.2, -0.15) is 0 Å². The number of benzene rings is 1. The van der Waals surface area contributed by atoms with Crippen molar-refractivity contribution in [3.8, 4) is 5.75 Å². The molecule has 4 heteroatoms. The van der Waals surface area contributed by atoms with Gasteiger partial charge in [-0.1, -0.05) is 24.6 Å². The number of rotatable bonds is 5. The zero-order chi connectivity index (χ0) is 13.7. The van der Waals surface area contributed by atoms with Crippen LogP contribution in [0.3, 0.4) is 0 Å². The van der Waals surface area contributed by atoms with Gasteiger partial charge in [0.15, 0.2) is 0 Å². The van der Waals surface area contributed by atoms with Gasteiger partial charge in [-0.3, -0.25) is 9.69 Å². The van der Waals surface area contributed by atoms with Crippen LogP contribution in [0.15, 0.2) is 24.3 Å². The fraction of sp³-hybridized carbons (Fsp3) is 0.533. The summed E-state index contributed by atoms with van der Waals surface area (Å²) in [7, 11) is 1.67. The molecule has 0 aliphatic carbocycles. The Morgan fingerprint density at radius 1 is 1.42 bits per heavy atom. The average Bonchev–Trinajstić information content (AvgIpc) is 2.41. The van der Waals surface area contributed by atoms with Crippen molar-refractivity contribution in [1.82, 2.24) is 4.90 Å². The van der Waals surface area contributed by atoms with Crippen LogP contribution in [0.5, 0.6) is 5.75 Å². The first-order valence-electron chi connectivity index (χ1n) is 6.78. The molecule has 1 N–H and O–H groups in total. The minimum Gasteiger partial charge on any atom is -0.496 e. The summed E-state index contributed by atoms with van der Waals surface area (Å²) in [4.78, 5) is 13.2. The van der Waals surface area contributed by atoms with Gasteiger partial charge in [0.25, 0.3) is 0 Å². The Kier molecular flexibility index (Phi) is 4.80. The zero-order valence-electron chi connectivity index (χ0n) is 11.3. The molecule has 0 aromatic heterocycles. The van der Waals surface area contributed by atoms with Crippen LogP contribution in [0.2, 0.25) is 0 Å². The lowest BCUT2D eigenvalue weighted by Crippen LogP contribution is -2.40. The summed E-state index contributed by atoms with van der Waals surface area (Å²) in [6.07, 6.45) is 3.47. The molecule has 0 amide bonds. The number of aliphatic carboxylic acids is 1. The van der Waals surface area contributed by atoms with Gasteiger partial charge in [-0.05, 0) is 25.5 Å². The molecule has 104 valence electrons.